The van der Waals surface area contributed by atoms with Gasteiger partial charge in [-0.1, -0.05) is 12.1 Å². The summed E-state index contributed by atoms with van der Waals surface area (Å²) in [4.78, 5) is 26.8. The third kappa shape index (κ3) is 2.76. The fraction of sp³-hybridized carbons (Fsp3) is 0.294. The summed E-state index contributed by atoms with van der Waals surface area (Å²) in [6.07, 6.45) is 1.49. The van der Waals surface area contributed by atoms with Gasteiger partial charge in [0.2, 0.25) is 5.91 Å². The highest BCUT2D eigenvalue weighted by atomic mass is 32.1. The molecule has 0 unspecified atom stereocenters. The maximum absolute atomic E-state index is 12.5. The highest BCUT2D eigenvalue weighted by Crippen LogP contribution is 2.26. The van der Waals surface area contributed by atoms with E-state index in [2.05, 4.69) is 18.4 Å². The van der Waals surface area contributed by atoms with Crippen LogP contribution in [0.5, 0.6) is 0 Å². The number of benzene rings is 1. The molecule has 4 nitrogen and oxygen atoms in total. The van der Waals surface area contributed by atoms with Crippen molar-refractivity contribution in [3.8, 4) is 11.1 Å². The first kappa shape index (κ1) is 14.8. The molecule has 2 heterocycles. The fourth-order valence-corrected chi connectivity index (χ4v) is 3.58. The first-order valence-electron chi connectivity index (χ1n) is 7.32. The summed E-state index contributed by atoms with van der Waals surface area (Å²) in [7, 11) is 0. The van der Waals surface area contributed by atoms with Crippen LogP contribution in [0.3, 0.4) is 0 Å². The largest absolute Gasteiger partial charge is 0.368 e. The molecule has 0 spiro atoms. The van der Waals surface area contributed by atoms with Gasteiger partial charge in [-0.05, 0) is 54.5 Å². The number of thiophene rings is 1. The van der Waals surface area contributed by atoms with Crippen LogP contribution in [0.4, 0.5) is 0 Å². The van der Waals surface area contributed by atoms with Gasteiger partial charge in [0.05, 0.1) is 0 Å². The lowest BCUT2D eigenvalue weighted by Crippen LogP contribution is -2.43. The summed E-state index contributed by atoms with van der Waals surface area (Å²) in [6.45, 7) is 2.67. The van der Waals surface area contributed by atoms with Crippen LogP contribution in [-0.4, -0.2) is 29.3 Å². The van der Waals surface area contributed by atoms with Crippen LogP contribution in [-0.2, 0) is 4.79 Å². The van der Waals surface area contributed by atoms with Crippen molar-refractivity contribution in [3.63, 3.8) is 0 Å². The van der Waals surface area contributed by atoms with Crippen LogP contribution in [0.1, 0.15) is 28.1 Å². The number of nitrogens with zero attached hydrogens (tertiary/aromatic N) is 1. The van der Waals surface area contributed by atoms with Crippen LogP contribution < -0.4 is 5.73 Å². The SMILES string of the molecule is Cc1cc(-c2ccc(C(=O)N3CCC[C@H]3C(N)=O)cc2)cs1. The predicted molar refractivity (Wildman–Crippen MR) is 87.7 cm³/mol. The van der Waals surface area contributed by atoms with Gasteiger partial charge in [-0.25, -0.2) is 0 Å². The molecule has 1 saturated heterocycles. The second-order valence-corrected chi connectivity index (χ2v) is 6.70. The number of carbonyl (C=O) groups excluding carboxylic acids is 2. The summed E-state index contributed by atoms with van der Waals surface area (Å²) >= 11 is 1.71. The summed E-state index contributed by atoms with van der Waals surface area (Å²) in [5.74, 6) is -0.537. The van der Waals surface area contributed by atoms with Crippen molar-refractivity contribution in [1.82, 2.24) is 4.90 Å². The molecule has 3 rings (SSSR count). The molecular weight excluding hydrogens is 296 g/mol. The summed E-state index contributed by atoms with van der Waals surface area (Å²) in [5.41, 5.74) is 8.23. The zero-order chi connectivity index (χ0) is 15.7. The van der Waals surface area contributed by atoms with Crippen LogP contribution in [0, 0.1) is 6.92 Å². The topological polar surface area (TPSA) is 63.4 Å². The van der Waals surface area contributed by atoms with E-state index in [9.17, 15) is 9.59 Å². The molecule has 1 atom stereocenters. The number of carbonyl (C=O) groups is 2. The van der Waals surface area contributed by atoms with Gasteiger partial charge in [-0.2, -0.15) is 0 Å². The van der Waals surface area contributed by atoms with E-state index in [1.54, 1.807) is 16.2 Å². The molecule has 1 aliphatic heterocycles. The number of primary amides is 1. The molecule has 0 aliphatic carbocycles. The number of likely N-dealkylation sites (tertiary alicyclic amines) is 1. The van der Waals surface area contributed by atoms with Gasteiger partial charge in [-0.15, -0.1) is 11.3 Å². The predicted octanol–water partition coefficient (Wildman–Crippen LogP) is 2.81. The second kappa shape index (κ2) is 5.93. The minimum atomic E-state index is -0.466. The smallest absolute Gasteiger partial charge is 0.254 e. The van der Waals surface area contributed by atoms with E-state index in [4.69, 9.17) is 5.73 Å². The Balaban J connectivity index is 1.80. The average Bonchev–Trinajstić information content (AvgIpc) is 3.15. The maximum Gasteiger partial charge on any atom is 0.254 e. The summed E-state index contributed by atoms with van der Waals surface area (Å²) in [5, 5.41) is 2.11. The Morgan fingerprint density at radius 1 is 1.23 bits per heavy atom. The Bertz CT molecular complexity index is 706. The fourth-order valence-electron chi connectivity index (χ4n) is 2.87. The number of hydrogen-bond donors (Lipinski definition) is 1. The Labute approximate surface area is 133 Å². The van der Waals surface area contributed by atoms with Gasteiger partial charge in [0, 0.05) is 17.0 Å². The minimum absolute atomic E-state index is 0.116. The quantitative estimate of drug-likeness (QED) is 0.947. The third-order valence-electron chi connectivity index (χ3n) is 4.04. The highest BCUT2D eigenvalue weighted by molar-refractivity contribution is 7.10. The van der Waals surface area contributed by atoms with E-state index < -0.39 is 11.9 Å². The number of amides is 2. The van der Waals surface area contributed by atoms with Crippen LogP contribution >= 0.6 is 11.3 Å². The van der Waals surface area contributed by atoms with E-state index in [-0.39, 0.29) is 5.91 Å². The number of rotatable bonds is 3. The standard InChI is InChI=1S/C17H18N2O2S/c1-11-9-14(10-22-11)12-4-6-13(7-5-12)17(21)19-8-2-3-15(19)16(18)20/h4-7,9-10,15H,2-3,8H2,1H3,(H2,18,20)/t15-/m0/s1. The molecule has 114 valence electrons. The van der Waals surface area contributed by atoms with Crippen molar-refractivity contribution < 1.29 is 9.59 Å². The van der Waals surface area contributed by atoms with Gasteiger partial charge in [0.25, 0.3) is 5.91 Å². The molecule has 2 N–H and O–H groups in total. The van der Waals surface area contributed by atoms with Crippen LogP contribution in [0.25, 0.3) is 11.1 Å². The number of aryl methyl sites for hydroxylation is 1. The van der Waals surface area contributed by atoms with Gasteiger partial charge >= 0.3 is 0 Å². The van der Waals surface area contributed by atoms with Gasteiger partial charge < -0.3 is 10.6 Å². The first-order chi connectivity index (χ1) is 10.6. The molecule has 0 radical (unpaired) electrons. The normalized spacial score (nSPS) is 17.7. The summed E-state index contributed by atoms with van der Waals surface area (Å²) in [6, 6.07) is 9.20. The van der Waals surface area contributed by atoms with Gasteiger partial charge in [-0.3, -0.25) is 9.59 Å². The second-order valence-electron chi connectivity index (χ2n) is 5.58. The van der Waals surface area contributed by atoms with Crippen molar-refractivity contribution in [2.45, 2.75) is 25.8 Å². The Hall–Kier alpha value is -2.14. The van der Waals surface area contributed by atoms with E-state index in [1.165, 1.54) is 4.88 Å². The lowest BCUT2D eigenvalue weighted by Gasteiger charge is -2.22. The Morgan fingerprint density at radius 3 is 2.55 bits per heavy atom. The molecule has 22 heavy (non-hydrogen) atoms. The minimum Gasteiger partial charge on any atom is -0.368 e. The molecule has 1 fully saturated rings. The van der Waals surface area contributed by atoms with E-state index in [0.29, 0.717) is 18.5 Å². The first-order valence-corrected chi connectivity index (χ1v) is 8.20. The summed E-state index contributed by atoms with van der Waals surface area (Å²) < 4.78 is 0. The van der Waals surface area contributed by atoms with Crippen LogP contribution in [0.2, 0.25) is 0 Å². The van der Waals surface area contributed by atoms with E-state index >= 15 is 0 Å². The zero-order valence-electron chi connectivity index (χ0n) is 12.4. The Morgan fingerprint density at radius 2 is 1.95 bits per heavy atom. The highest BCUT2D eigenvalue weighted by Gasteiger charge is 2.32. The van der Waals surface area contributed by atoms with Crippen molar-refractivity contribution in [3.05, 3.63) is 46.2 Å². The van der Waals surface area contributed by atoms with Crippen molar-refractivity contribution in [1.29, 1.82) is 0 Å². The zero-order valence-corrected chi connectivity index (χ0v) is 13.2. The van der Waals surface area contributed by atoms with Crippen molar-refractivity contribution in [2.75, 3.05) is 6.54 Å². The average molecular weight is 314 g/mol. The molecule has 0 saturated carbocycles. The Kier molecular flexibility index (Phi) is 3.98. The molecule has 5 heteroatoms. The molecule has 2 amide bonds. The lowest BCUT2D eigenvalue weighted by atomic mass is 10.1. The molecule has 0 bridgehead atoms. The maximum atomic E-state index is 12.5. The van der Waals surface area contributed by atoms with E-state index in [0.717, 1.165) is 17.5 Å². The monoisotopic (exact) mass is 314 g/mol. The van der Waals surface area contributed by atoms with Gasteiger partial charge in [0.1, 0.15) is 6.04 Å². The van der Waals surface area contributed by atoms with Crippen molar-refractivity contribution in [2.24, 2.45) is 5.73 Å². The molecule has 2 aromatic rings. The lowest BCUT2D eigenvalue weighted by molar-refractivity contribution is -0.121. The van der Waals surface area contributed by atoms with Crippen LogP contribution in [0.15, 0.2) is 35.7 Å². The third-order valence-corrected chi connectivity index (χ3v) is 4.90. The molecule has 1 aromatic carbocycles. The molecule has 1 aromatic heterocycles. The van der Waals surface area contributed by atoms with Gasteiger partial charge in [0.15, 0.2) is 0 Å². The van der Waals surface area contributed by atoms with Crippen molar-refractivity contribution >= 4 is 23.2 Å². The number of nitrogens with two attached hydrogens (primary N) is 1. The number of hydrogen-bond acceptors (Lipinski definition) is 3. The molecule has 1 aliphatic rings. The van der Waals surface area contributed by atoms with E-state index in [1.807, 2.05) is 24.3 Å². The molecular formula is C17H18N2O2S.